The number of hydrogen-bond acceptors (Lipinski definition) is 1. The van der Waals surface area contributed by atoms with Crippen molar-refractivity contribution in [1.29, 1.82) is 0 Å². The molecule has 0 spiro atoms. The van der Waals surface area contributed by atoms with Gasteiger partial charge in [0.05, 0.1) is 0 Å². The number of amides is 1. The molecule has 0 aromatic heterocycles. The van der Waals surface area contributed by atoms with E-state index in [1.165, 1.54) is 0 Å². The third kappa shape index (κ3) is 5.52. The predicted molar refractivity (Wildman–Crippen MR) is 79.4 cm³/mol. The van der Waals surface area contributed by atoms with Crippen LogP contribution in [0.25, 0.3) is 0 Å². The molecule has 0 heterocycles. The van der Waals surface area contributed by atoms with Gasteiger partial charge >= 0.3 is 124 Å². The smallest absolute Gasteiger partial charge is 1.00 e. The standard InChI is InChI=1S/C8H9NO.C5H5.C2H7Si.2ClH.Zr/c1-6-4-2-3-5-7(6)8(9)10;1-2-4-5-3-1;1-3-2;;;/h2-5H,1H3,(H2,9,10);1-3H,4H2;3H,1-2H3;2*1H;/q;;;;;+3/p-3. The van der Waals surface area contributed by atoms with E-state index < -0.39 is 27.1 Å². The second kappa shape index (κ2) is 9.78. The number of carbonyl (C=O) groups is 1. The largest absolute Gasteiger partial charge is 1.00 e. The van der Waals surface area contributed by atoms with E-state index in [-0.39, 0.29) is 30.7 Å². The minimum Gasteiger partial charge on any atom is -1.00 e. The first kappa shape index (κ1) is 20.9. The van der Waals surface area contributed by atoms with Gasteiger partial charge in [0, 0.05) is 0 Å². The maximum Gasteiger partial charge on any atom is -1.00 e. The molecule has 0 atom stereocenters. The van der Waals surface area contributed by atoms with E-state index in [0.29, 0.717) is 0 Å². The van der Waals surface area contributed by atoms with Crippen LogP contribution < -0.4 is 28.1 Å². The zero-order chi connectivity index (χ0) is 13.8. The minimum atomic E-state index is -1.90. The molecule has 2 nitrogen and oxygen atoms in total. The molecule has 1 amide bonds. The predicted octanol–water partition coefficient (Wildman–Crippen LogP) is -2.91. The number of aryl methyl sites for hydroxylation is 1. The van der Waals surface area contributed by atoms with E-state index in [0.717, 1.165) is 17.5 Å². The van der Waals surface area contributed by atoms with E-state index in [4.69, 9.17) is 0 Å². The molecule has 1 aromatic carbocycles. The molecular weight excluding hydrogens is 400 g/mol. The van der Waals surface area contributed by atoms with Crippen molar-refractivity contribution >= 4 is 11.8 Å². The summed E-state index contributed by atoms with van der Waals surface area (Å²) in [5, 5.41) is 0. The number of allylic oxidation sites excluding steroid dienone is 4. The van der Waals surface area contributed by atoms with Crippen LogP contribution in [0.5, 0.6) is 0 Å². The summed E-state index contributed by atoms with van der Waals surface area (Å²) in [6, 6.07) is 7.84. The van der Waals surface area contributed by atoms with Gasteiger partial charge in [-0.3, -0.25) is 0 Å². The quantitative estimate of drug-likeness (QED) is 0.520. The number of nitrogens with one attached hydrogen (secondary N) is 1. The molecule has 0 saturated carbocycles. The van der Waals surface area contributed by atoms with Crippen LogP contribution in [0.15, 0.2) is 45.8 Å². The van der Waals surface area contributed by atoms with Gasteiger partial charge in [-0.2, -0.15) is 0 Å². The number of hydrogen-bond donors (Lipinski definition) is 1. The van der Waals surface area contributed by atoms with E-state index in [1.54, 1.807) is 3.28 Å². The van der Waals surface area contributed by atoms with Gasteiger partial charge in [0.1, 0.15) is 0 Å². The Balaban J connectivity index is 0.00000200. The first-order chi connectivity index (χ1) is 9.09. The number of benzene rings is 1. The van der Waals surface area contributed by atoms with Crippen molar-refractivity contribution in [3.8, 4) is 0 Å². The number of rotatable bonds is 4. The number of halogens is 2. The monoisotopic (exact) mass is 418 g/mol. The van der Waals surface area contributed by atoms with Crippen molar-refractivity contribution in [3.63, 3.8) is 0 Å². The van der Waals surface area contributed by atoms with Crippen LogP contribution in [-0.2, 0) is 21.2 Å². The Morgan fingerprint density at radius 1 is 1.24 bits per heavy atom. The summed E-state index contributed by atoms with van der Waals surface area (Å²) >= 11 is -1.90. The summed E-state index contributed by atoms with van der Waals surface area (Å²) in [6.07, 6.45) is 7.63. The Kier molecular flexibility index (Phi) is 9.71. The van der Waals surface area contributed by atoms with Gasteiger partial charge < -0.3 is 24.8 Å². The van der Waals surface area contributed by atoms with E-state index in [2.05, 4.69) is 34.6 Å². The first-order valence-electron chi connectivity index (χ1n) is 6.69. The molecule has 0 saturated heterocycles. The van der Waals surface area contributed by atoms with Crippen molar-refractivity contribution in [2.75, 3.05) is 0 Å². The van der Waals surface area contributed by atoms with E-state index in [1.807, 2.05) is 31.2 Å². The van der Waals surface area contributed by atoms with Crippen LogP contribution in [0.4, 0.5) is 0 Å². The zero-order valence-electron chi connectivity index (χ0n) is 12.5. The Morgan fingerprint density at radius 3 is 2.43 bits per heavy atom. The average Bonchev–Trinajstić information content (AvgIpc) is 2.89. The van der Waals surface area contributed by atoms with Crippen molar-refractivity contribution in [2.24, 2.45) is 0 Å². The van der Waals surface area contributed by atoms with Crippen molar-refractivity contribution < 1.29 is 50.8 Å². The van der Waals surface area contributed by atoms with Crippen molar-refractivity contribution in [1.82, 2.24) is 3.26 Å². The number of carbonyl (C=O) groups excluding carboxylic acids is 1. The van der Waals surface area contributed by atoms with Gasteiger partial charge in [0.2, 0.25) is 0 Å². The summed E-state index contributed by atoms with van der Waals surface area (Å²) in [7, 11) is 0. The summed E-state index contributed by atoms with van der Waals surface area (Å²) in [6.45, 7) is 6.74. The molecule has 0 bridgehead atoms. The van der Waals surface area contributed by atoms with Gasteiger partial charge in [0.15, 0.2) is 0 Å². The molecule has 1 aliphatic rings. The first-order valence-corrected chi connectivity index (χ1v) is 16.3. The minimum absolute atomic E-state index is 0. The molecule has 0 radical (unpaired) electrons. The normalized spacial score (nSPS) is 12.3. The van der Waals surface area contributed by atoms with Gasteiger partial charge in [0.25, 0.3) is 0 Å². The summed E-state index contributed by atoms with van der Waals surface area (Å²) < 4.78 is 4.97. The Hall–Kier alpha value is -0.150. The SMILES string of the molecule is Cc1ccccc1C(=O)[NH][Zr+2]([C]1=CC=CC1)[SiH](C)C.[Cl-].[Cl-]. The maximum atomic E-state index is 12.4. The van der Waals surface area contributed by atoms with Gasteiger partial charge in [-0.05, 0) is 0 Å². The molecule has 6 heteroatoms. The second-order valence-corrected chi connectivity index (χ2v) is 23.6. The van der Waals surface area contributed by atoms with E-state index >= 15 is 0 Å². The van der Waals surface area contributed by atoms with Crippen LogP contribution in [0.3, 0.4) is 0 Å². The second-order valence-electron chi connectivity index (χ2n) is 5.16. The topological polar surface area (TPSA) is 29.1 Å². The van der Waals surface area contributed by atoms with Crippen LogP contribution in [0.2, 0.25) is 13.1 Å². The van der Waals surface area contributed by atoms with Crippen LogP contribution in [0, 0.1) is 6.92 Å². The van der Waals surface area contributed by atoms with Crippen molar-refractivity contribution in [3.05, 3.63) is 56.9 Å². The summed E-state index contributed by atoms with van der Waals surface area (Å²) in [4.78, 5) is 12.4. The fraction of sp³-hybridized carbons (Fsp3) is 0.267. The zero-order valence-corrected chi connectivity index (χ0v) is 17.6. The molecule has 0 unspecified atom stereocenters. The molecule has 1 N–H and O–H groups in total. The Labute approximate surface area is 148 Å². The third-order valence-electron chi connectivity index (χ3n) is 3.33. The maximum absolute atomic E-state index is 12.4. The molecule has 0 fully saturated rings. The molecular formula is C15H20Cl2NOSiZr. The fourth-order valence-corrected chi connectivity index (χ4v) is 15.8. The van der Waals surface area contributed by atoms with Crippen molar-refractivity contribution in [2.45, 2.75) is 26.4 Å². The molecule has 2 rings (SSSR count). The Morgan fingerprint density at radius 2 is 1.90 bits per heavy atom. The van der Waals surface area contributed by atoms with Crippen LogP contribution in [-0.4, -0.2) is 11.8 Å². The summed E-state index contributed by atoms with van der Waals surface area (Å²) in [5.74, 6) is -0.637. The van der Waals surface area contributed by atoms with Gasteiger partial charge in [-0.25, -0.2) is 0 Å². The average molecular weight is 421 g/mol. The van der Waals surface area contributed by atoms with Crippen LogP contribution in [0.1, 0.15) is 22.3 Å². The van der Waals surface area contributed by atoms with Gasteiger partial charge in [-0.1, -0.05) is 0 Å². The molecule has 1 aliphatic carbocycles. The molecule has 0 aliphatic heterocycles. The molecule has 1 aromatic rings. The molecule has 21 heavy (non-hydrogen) atoms. The fourth-order valence-electron chi connectivity index (χ4n) is 2.26. The molecule has 113 valence electrons. The van der Waals surface area contributed by atoms with Crippen LogP contribution >= 0.6 is 0 Å². The van der Waals surface area contributed by atoms with E-state index in [9.17, 15) is 4.79 Å². The Bertz CT molecular complexity index is 546. The van der Waals surface area contributed by atoms with Gasteiger partial charge in [-0.15, -0.1) is 0 Å². The third-order valence-corrected chi connectivity index (χ3v) is 19.9. The summed E-state index contributed by atoms with van der Waals surface area (Å²) in [5.41, 5.74) is 1.90.